The Labute approximate surface area is 109 Å². The molecule has 16 heavy (non-hydrogen) atoms. The van der Waals surface area contributed by atoms with Gasteiger partial charge >= 0.3 is 0 Å². The van der Waals surface area contributed by atoms with Crippen LogP contribution < -0.4 is 0 Å². The molecule has 1 N–H and O–H groups in total. The van der Waals surface area contributed by atoms with Crippen LogP contribution in [0.1, 0.15) is 12.1 Å². The smallest absolute Gasteiger partial charge is 0.0594 e. The number of hydrogen-bond donors (Lipinski definition) is 1. The zero-order valence-electron chi connectivity index (χ0n) is 9.22. The number of halogens is 2. The second-order valence-corrected chi connectivity index (χ2v) is 3.64. The fourth-order valence-corrected chi connectivity index (χ4v) is 1.74. The van der Waals surface area contributed by atoms with Crippen molar-refractivity contribution in [3.05, 3.63) is 18.0 Å². The largest absolute Gasteiger partial charge is 0.379 e. The Hall–Kier alpha value is -0.290. The predicted molar refractivity (Wildman–Crippen MR) is 68.7 cm³/mol. The van der Waals surface area contributed by atoms with Gasteiger partial charge in [-0.25, -0.2) is 0 Å². The maximum Gasteiger partial charge on any atom is 0.0594 e. The molecule has 1 aliphatic heterocycles. The average molecular weight is 268 g/mol. The Morgan fingerprint density at radius 3 is 2.69 bits per heavy atom. The fourth-order valence-electron chi connectivity index (χ4n) is 1.74. The summed E-state index contributed by atoms with van der Waals surface area (Å²) in [5.41, 5.74) is 1.23. The van der Waals surface area contributed by atoms with Crippen LogP contribution in [0.25, 0.3) is 0 Å². The Morgan fingerprint density at radius 2 is 2.06 bits per heavy atom. The summed E-state index contributed by atoms with van der Waals surface area (Å²) < 4.78 is 5.29. The monoisotopic (exact) mass is 267 g/mol. The third-order valence-corrected chi connectivity index (χ3v) is 2.58. The highest BCUT2D eigenvalue weighted by atomic mass is 35.5. The van der Waals surface area contributed by atoms with Gasteiger partial charge in [-0.1, -0.05) is 0 Å². The van der Waals surface area contributed by atoms with E-state index in [1.54, 1.807) is 0 Å². The van der Waals surface area contributed by atoms with Gasteiger partial charge in [-0.2, -0.15) is 5.10 Å². The van der Waals surface area contributed by atoms with Crippen molar-refractivity contribution < 1.29 is 4.74 Å². The Morgan fingerprint density at radius 1 is 1.31 bits per heavy atom. The molecule has 6 heteroatoms. The van der Waals surface area contributed by atoms with Crippen LogP contribution in [0.5, 0.6) is 0 Å². The van der Waals surface area contributed by atoms with E-state index in [-0.39, 0.29) is 24.8 Å². The molecule has 1 aliphatic rings. The SMILES string of the molecule is Cl.Cl.c1cc(CCCN2CCOCC2)[nH]n1. The molecule has 2 heterocycles. The number of aromatic nitrogens is 2. The molecule has 0 bridgehead atoms. The molecule has 94 valence electrons. The molecule has 2 rings (SSSR count). The molecular weight excluding hydrogens is 249 g/mol. The van der Waals surface area contributed by atoms with Crippen molar-refractivity contribution in [2.75, 3.05) is 32.8 Å². The maximum absolute atomic E-state index is 5.29. The first-order valence-electron chi connectivity index (χ1n) is 5.23. The van der Waals surface area contributed by atoms with Gasteiger partial charge in [-0.15, -0.1) is 24.8 Å². The molecule has 1 saturated heterocycles. The van der Waals surface area contributed by atoms with Crippen molar-refractivity contribution in [1.82, 2.24) is 15.1 Å². The lowest BCUT2D eigenvalue weighted by molar-refractivity contribution is 0.0374. The zero-order valence-corrected chi connectivity index (χ0v) is 10.9. The van der Waals surface area contributed by atoms with Gasteiger partial charge in [0, 0.05) is 25.0 Å². The van der Waals surface area contributed by atoms with E-state index in [2.05, 4.69) is 15.1 Å². The molecule has 1 aromatic rings. The minimum Gasteiger partial charge on any atom is -0.379 e. The van der Waals surface area contributed by atoms with Gasteiger partial charge in [-0.05, 0) is 25.5 Å². The van der Waals surface area contributed by atoms with E-state index >= 15 is 0 Å². The highest BCUT2D eigenvalue weighted by Gasteiger charge is 2.09. The molecule has 0 unspecified atom stereocenters. The van der Waals surface area contributed by atoms with Crippen molar-refractivity contribution in [3.8, 4) is 0 Å². The van der Waals surface area contributed by atoms with Gasteiger partial charge in [0.15, 0.2) is 0 Å². The van der Waals surface area contributed by atoms with Crippen LogP contribution in [0.3, 0.4) is 0 Å². The van der Waals surface area contributed by atoms with E-state index in [4.69, 9.17) is 4.74 Å². The van der Waals surface area contributed by atoms with E-state index in [9.17, 15) is 0 Å². The number of nitrogens with zero attached hydrogens (tertiary/aromatic N) is 2. The number of aryl methyl sites for hydroxylation is 1. The highest BCUT2D eigenvalue weighted by Crippen LogP contribution is 2.02. The van der Waals surface area contributed by atoms with Crippen LogP contribution in [0, 0.1) is 0 Å². The van der Waals surface area contributed by atoms with E-state index in [1.807, 2.05) is 12.3 Å². The predicted octanol–water partition coefficient (Wildman–Crippen LogP) is 1.52. The topological polar surface area (TPSA) is 41.1 Å². The lowest BCUT2D eigenvalue weighted by atomic mass is 10.2. The lowest BCUT2D eigenvalue weighted by Crippen LogP contribution is -2.36. The summed E-state index contributed by atoms with van der Waals surface area (Å²) >= 11 is 0. The van der Waals surface area contributed by atoms with Gasteiger partial charge < -0.3 is 4.74 Å². The van der Waals surface area contributed by atoms with E-state index < -0.39 is 0 Å². The third-order valence-electron chi connectivity index (χ3n) is 2.58. The number of morpholine rings is 1. The standard InChI is InChI=1S/C10H17N3O.2ClH/c1(2-10-3-4-11-12-10)5-13-6-8-14-9-7-13;;/h3-4H,1-2,5-9H2,(H,11,12);2*1H. The minimum atomic E-state index is 0. The molecule has 0 atom stereocenters. The summed E-state index contributed by atoms with van der Waals surface area (Å²) in [6.07, 6.45) is 4.10. The summed E-state index contributed by atoms with van der Waals surface area (Å²) in [6.45, 7) is 5.13. The quantitative estimate of drug-likeness (QED) is 0.900. The molecule has 4 nitrogen and oxygen atoms in total. The second-order valence-electron chi connectivity index (χ2n) is 3.64. The van der Waals surface area contributed by atoms with Gasteiger partial charge in [0.2, 0.25) is 0 Å². The van der Waals surface area contributed by atoms with Crippen LogP contribution in [-0.2, 0) is 11.2 Å². The van der Waals surface area contributed by atoms with Gasteiger partial charge in [0.1, 0.15) is 0 Å². The van der Waals surface area contributed by atoms with Crippen molar-refractivity contribution in [3.63, 3.8) is 0 Å². The number of H-pyrrole nitrogens is 1. The van der Waals surface area contributed by atoms with Crippen molar-refractivity contribution >= 4 is 24.8 Å². The molecule has 1 aromatic heterocycles. The third kappa shape index (κ3) is 5.16. The van der Waals surface area contributed by atoms with Gasteiger partial charge in [0.25, 0.3) is 0 Å². The van der Waals surface area contributed by atoms with E-state index in [0.29, 0.717) is 0 Å². The molecule has 0 amide bonds. The summed E-state index contributed by atoms with van der Waals surface area (Å²) in [6, 6.07) is 2.04. The first kappa shape index (κ1) is 15.7. The Kier molecular flexibility index (Phi) is 8.66. The van der Waals surface area contributed by atoms with Crippen LogP contribution >= 0.6 is 24.8 Å². The average Bonchev–Trinajstić information content (AvgIpc) is 2.72. The number of hydrogen-bond acceptors (Lipinski definition) is 3. The highest BCUT2D eigenvalue weighted by molar-refractivity contribution is 5.85. The number of nitrogens with one attached hydrogen (secondary N) is 1. The zero-order chi connectivity index (χ0) is 9.64. The summed E-state index contributed by atoms with van der Waals surface area (Å²) in [5, 5.41) is 6.91. The second kappa shape index (κ2) is 8.82. The fraction of sp³-hybridized carbons (Fsp3) is 0.700. The molecule has 0 saturated carbocycles. The molecule has 0 spiro atoms. The van der Waals surface area contributed by atoms with Crippen molar-refractivity contribution in [1.29, 1.82) is 0 Å². The van der Waals surface area contributed by atoms with E-state index in [1.165, 1.54) is 18.7 Å². The molecule has 1 fully saturated rings. The van der Waals surface area contributed by atoms with Gasteiger partial charge in [-0.3, -0.25) is 10.00 Å². The van der Waals surface area contributed by atoms with Crippen LogP contribution in [0.4, 0.5) is 0 Å². The van der Waals surface area contributed by atoms with Crippen molar-refractivity contribution in [2.45, 2.75) is 12.8 Å². The summed E-state index contributed by atoms with van der Waals surface area (Å²) in [5.74, 6) is 0. The Balaban J connectivity index is 0.00000112. The van der Waals surface area contributed by atoms with Crippen LogP contribution in [0.15, 0.2) is 12.3 Å². The maximum atomic E-state index is 5.29. The lowest BCUT2D eigenvalue weighted by Gasteiger charge is -2.26. The number of aromatic amines is 1. The van der Waals surface area contributed by atoms with Crippen LogP contribution in [-0.4, -0.2) is 47.9 Å². The normalized spacial score (nSPS) is 16.2. The first-order valence-corrected chi connectivity index (χ1v) is 5.23. The molecule has 0 aromatic carbocycles. The first-order chi connectivity index (χ1) is 6.95. The van der Waals surface area contributed by atoms with E-state index in [0.717, 1.165) is 32.7 Å². The molecule has 0 aliphatic carbocycles. The molecule has 0 radical (unpaired) electrons. The number of ether oxygens (including phenoxy) is 1. The Bertz CT molecular complexity index is 251. The van der Waals surface area contributed by atoms with Crippen LogP contribution in [0.2, 0.25) is 0 Å². The van der Waals surface area contributed by atoms with Crippen molar-refractivity contribution in [2.24, 2.45) is 0 Å². The summed E-state index contributed by atoms with van der Waals surface area (Å²) in [7, 11) is 0. The molecular formula is C10H19Cl2N3O. The minimum absolute atomic E-state index is 0. The van der Waals surface area contributed by atoms with Gasteiger partial charge in [0.05, 0.1) is 13.2 Å². The number of rotatable bonds is 4. The summed E-state index contributed by atoms with van der Waals surface area (Å²) in [4.78, 5) is 2.46.